The van der Waals surface area contributed by atoms with Gasteiger partial charge in [0.2, 0.25) is 5.95 Å². The van der Waals surface area contributed by atoms with E-state index in [2.05, 4.69) is 14.9 Å². The normalized spacial score (nSPS) is 10.7. The molecule has 9 heteroatoms. The lowest BCUT2D eigenvalue weighted by Crippen LogP contribution is -2.06. The molecule has 0 unspecified atom stereocenters. The van der Waals surface area contributed by atoms with Gasteiger partial charge in [0.25, 0.3) is 0 Å². The molecule has 0 bridgehead atoms. The van der Waals surface area contributed by atoms with Crippen LogP contribution in [0.3, 0.4) is 0 Å². The Morgan fingerprint density at radius 3 is 2.54 bits per heavy atom. The average molecular weight is 393 g/mol. The molecule has 26 heavy (non-hydrogen) atoms. The minimum Gasteiger partial charge on any atom is -0.494 e. The van der Waals surface area contributed by atoms with Gasteiger partial charge in [0.1, 0.15) is 17.2 Å². The third-order valence-electron chi connectivity index (χ3n) is 3.60. The number of methoxy groups -OCH3 is 2. The van der Waals surface area contributed by atoms with E-state index in [0.717, 1.165) is 16.3 Å². The summed E-state index contributed by atoms with van der Waals surface area (Å²) in [7, 11) is 3.24. The summed E-state index contributed by atoms with van der Waals surface area (Å²) in [5, 5.41) is 19.6. The van der Waals surface area contributed by atoms with Crippen molar-refractivity contribution in [2.24, 2.45) is 0 Å². The van der Waals surface area contributed by atoms with Gasteiger partial charge in [-0.25, -0.2) is 0 Å². The Morgan fingerprint density at radius 1 is 1.15 bits per heavy atom. The van der Waals surface area contributed by atoms with Crippen LogP contribution in [0.25, 0.3) is 16.4 Å². The number of hydrogen-bond acceptors (Lipinski definition) is 8. The fourth-order valence-corrected chi connectivity index (χ4v) is 3.77. The smallest absolute Gasteiger partial charge is 0.239 e. The second-order valence-electron chi connectivity index (χ2n) is 5.20. The molecule has 0 atom stereocenters. The number of aliphatic hydroxyl groups excluding tert-OH is 1. The second-order valence-corrected chi connectivity index (χ2v) is 7.05. The summed E-state index contributed by atoms with van der Waals surface area (Å²) >= 11 is 3.05. The van der Waals surface area contributed by atoms with Crippen LogP contribution in [-0.4, -0.2) is 46.5 Å². The van der Waals surface area contributed by atoms with Gasteiger partial charge in [-0.15, -0.1) is 21.5 Å². The highest BCUT2D eigenvalue weighted by Gasteiger charge is 2.22. The number of hydrogen-bond donors (Lipinski definition) is 2. The third-order valence-corrected chi connectivity index (χ3v) is 5.28. The van der Waals surface area contributed by atoms with E-state index in [9.17, 15) is 0 Å². The van der Waals surface area contributed by atoms with Crippen LogP contribution >= 0.6 is 23.3 Å². The van der Waals surface area contributed by atoms with Crippen LogP contribution in [0.4, 0.5) is 5.95 Å². The van der Waals surface area contributed by atoms with Gasteiger partial charge in [0.15, 0.2) is 5.82 Å². The Kier molecular flexibility index (Phi) is 6.37. The van der Waals surface area contributed by atoms with Crippen molar-refractivity contribution in [3.8, 4) is 27.9 Å². The highest BCUT2D eigenvalue weighted by Crippen LogP contribution is 2.38. The largest absolute Gasteiger partial charge is 0.494 e. The molecule has 0 aliphatic heterocycles. The zero-order chi connectivity index (χ0) is 18.4. The van der Waals surface area contributed by atoms with Crippen LogP contribution < -0.4 is 14.2 Å². The van der Waals surface area contributed by atoms with E-state index in [1.54, 1.807) is 25.6 Å². The highest BCUT2D eigenvalue weighted by molar-refractivity contribution is 8.00. The van der Waals surface area contributed by atoms with Gasteiger partial charge in [0, 0.05) is 12.4 Å². The van der Waals surface area contributed by atoms with Crippen LogP contribution in [0, 0.1) is 0 Å². The van der Waals surface area contributed by atoms with Gasteiger partial charge in [-0.05, 0) is 30.0 Å². The summed E-state index contributed by atoms with van der Waals surface area (Å²) in [5.41, 5.74) is 0.733. The Hall–Kier alpha value is -2.23. The lowest BCUT2D eigenvalue weighted by molar-refractivity contribution is 0.296. The van der Waals surface area contributed by atoms with E-state index in [-0.39, 0.29) is 6.61 Å². The van der Waals surface area contributed by atoms with Gasteiger partial charge in [0.05, 0.1) is 19.1 Å². The zero-order valence-electron chi connectivity index (χ0n) is 14.5. The van der Waals surface area contributed by atoms with Crippen LogP contribution in [0.1, 0.15) is 6.42 Å². The van der Waals surface area contributed by atoms with Gasteiger partial charge >= 0.3 is 0 Å². The molecule has 0 radical (unpaired) electrons. The monoisotopic (exact) mass is 392 g/mol. The highest BCUT2D eigenvalue weighted by atomic mass is 32.2. The lowest BCUT2D eigenvalue weighted by atomic mass is 10.2. The van der Waals surface area contributed by atoms with Crippen molar-refractivity contribution < 1.29 is 14.6 Å². The Labute approximate surface area is 160 Å². The number of benzene rings is 1. The quantitative estimate of drug-likeness (QED) is 0.426. The van der Waals surface area contributed by atoms with Gasteiger partial charge < -0.3 is 14.6 Å². The van der Waals surface area contributed by atoms with Crippen LogP contribution in [-0.2, 0) is 0 Å². The first kappa shape index (κ1) is 18.6. The molecule has 0 saturated heterocycles. The Bertz CT molecular complexity index is 814. The topological polar surface area (TPSA) is 81.4 Å². The number of para-hydroxylation sites is 1. The van der Waals surface area contributed by atoms with Crippen molar-refractivity contribution in [1.82, 2.24) is 14.8 Å². The standard InChI is InChI=1S/C17H20N4O3S2/c1-23-12-6-3-7-13(24-2)15(12)21-16(14-8-4-10-25-14)18-19-17(21)20-26-11-5-9-22/h3-4,6-8,10,22H,5,9,11H2,1-2H3,(H,19,20). The number of ether oxygens (including phenoxy) is 2. The van der Waals surface area contributed by atoms with Crippen molar-refractivity contribution in [2.45, 2.75) is 6.42 Å². The molecule has 1 aromatic carbocycles. The first-order valence-corrected chi connectivity index (χ1v) is 9.86. The molecular formula is C17H20N4O3S2. The van der Waals surface area contributed by atoms with Crippen LogP contribution in [0.2, 0.25) is 0 Å². The summed E-state index contributed by atoms with van der Waals surface area (Å²) in [4.78, 5) is 0.985. The number of aliphatic hydroxyl groups is 1. The van der Waals surface area contributed by atoms with Crippen molar-refractivity contribution >= 4 is 29.2 Å². The van der Waals surface area contributed by atoms with Crippen molar-refractivity contribution in [1.29, 1.82) is 0 Å². The van der Waals surface area contributed by atoms with E-state index >= 15 is 0 Å². The van der Waals surface area contributed by atoms with Crippen LogP contribution in [0.5, 0.6) is 11.5 Å². The molecule has 0 spiro atoms. The maximum atomic E-state index is 8.96. The summed E-state index contributed by atoms with van der Waals surface area (Å²) in [5.74, 6) is 3.34. The molecule has 3 aromatic rings. The predicted molar refractivity (Wildman–Crippen MR) is 106 cm³/mol. The third kappa shape index (κ3) is 3.79. The maximum Gasteiger partial charge on any atom is 0.239 e. The summed E-state index contributed by atoms with van der Waals surface area (Å²) < 4.78 is 16.2. The number of anilines is 1. The molecule has 7 nitrogen and oxygen atoms in total. The molecule has 0 saturated carbocycles. The van der Waals surface area contributed by atoms with Crippen molar-refractivity contribution in [3.05, 3.63) is 35.7 Å². The molecule has 2 heterocycles. The van der Waals surface area contributed by atoms with E-state index < -0.39 is 0 Å². The summed E-state index contributed by atoms with van der Waals surface area (Å²) in [6.45, 7) is 0.155. The van der Waals surface area contributed by atoms with Crippen LogP contribution in [0.15, 0.2) is 35.7 Å². The molecule has 0 amide bonds. The first-order valence-electron chi connectivity index (χ1n) is 7.99. The minimum atomic E-state index is 0.155. The zero-order valence-corrected chi connectivity index (χ0v) is 16.1. The number of thiophene rings is 1. The number of rotatable bonds is 9. The molecule has 0 aliphatic carbocycles. The SMILES string of the molecule is COc1cccc(OC)c1-n1c(NSCCCO)nnc1-c1cccs1. The molecule has 2 aromatic heterocycles. The average Bonchev–Trinajstić information content (AvgIpc) is 3.34. The fraction of sp³-hybridized carbons (Fsp3) is 0.294. The predicted octanol–water partition coefficient (Wildman–Crippen LogP) is 3.46. The molecular weight excluding hydrogens is 372 g/mol. The Balaban J connectivity index is 2.10. The van der Waals surface area contributed by atoms with E-state index in [0.29, 0.717) is 29.7 Å². The van der Waals surface area contributed by atoms with Crippen molar-refractivity contribution in [3.63, 3.8) is 0 Å². The lowest BCUT2D eigenvalue weighted by Gasteiger charge is -2.17. The number of aromatic nitrogens is 3. The van der Waals surface area contributed by atoms with Gasteiger partial charge in [-0.3, -0.25) is 9.29 Å². The molecule has 0 aliphatic rings. The summed E-state index contributed by atoms with van der Waals surface area (Å²) in [6, 6.07) is 9.59. The second kappa shape index (κ2) is 8.93. The van der Waals surface area contributed by atoms with E-state index in [1.165, 1.54) is 11.9 Å². The molecule has 3 rings (SSSR count). The van der Waals surface area contributed by atoms with Gasteiger partial charge in [-0.1, -0.05) is 24.1 Å². The number of nitrogens with one attached hydrogen (secondary N) is 1. The van der Waals surface area contributed by atoms with Crippen molar-refractivity contribution in [2.75, 3.05) is 31.3 Å². The van der Waals surface area contributed by atoms with E-state index in [4.69, 9.17) is 14.6 Å². The first-order chi connectivity index (χ1) is 12.8. The molecule has 2 N–H and O–H groups in total. The minimum absolute atomic E-state index is 0.155. The molecule has 138 valence electrons. The van der Waals surface area contributed by atoms with E-state index in [1.807, 2.05) is 40.3 Å². The Morgan fingerprint density at radius 2 is 1.92 bits per heavy atom. The molecule has 0 fully saturated rings. The fourth-order valence-electron chi connectivity index (χ4n) is 2.43. The van der Waals surface area contributed by atoms with Gasteiger partial charge in [-0.2, -0.15) is 0 Å². The summed E-state index contributed by atoms with van der Waals surface area (Å²) in [6.07, 6.45) is 0.696. The maximum absolute atomic E-state index is 8.96. The number of nitrogens with zero attached hydrogens (tertiary/aromatic N) is 3.